The predicted molar refractivity (Wildman–Crippen MR) is 226 cm³/mol. The van der Waals surface area contributed by atoms with Gasteiger partial charge in [-0.2, -0.15) is 0 Å². The fourth-order valence-corrected chi connectivity index (χ4v) is 4.47. The maximum atomic E-state index is 4.00. The zero-order valence-electron chi connectivity index (χ0n) is 34.0. The summed E-state index contributed by atoms with van der Waals surface area (Å²) in [6.07, 6.45) is 32.6. The maximum absolute atomic E-state index is 4.00. The molecule has 1 aliphatic rings. The summed E-state index contributed by atoms with van der Waals surface area (Å²) < 4.78 is 0. The average molecular weight is 663 g/mol. The Morgan fingerprint density at radius 3 is 1.53 bits per heavy atom. The molecule has 0 N–H and O–H groups in total. The molecule has 1 heteroatoms. The molecule has 0 spiro atoms. The van der Waals surface area contributed by atoms with Crippen molar-refractivity contribution in [2.45, 2.75) is 160 Å². The van der Waals surface area contributed by atoms with E-state index in [-0.39, 0.29) is 0 Å². The van der Waals surface area contributed by atoms with Gasteiger partial charge in [-0.1, -0.05) is 162 Å². The van der Waals surface area contributed by atoms with E-state index >= 15 is 0 Å². The fraction of sp³-hybridized carbons (Fsp3) is 0.565. The van der Waals surface area contributed by atoms with Crippen molar-refractivity contribution in [1.82, 2.24) is 0 Å². The molecular weight excluding hydrogens is 585 g/mol. The molecule has 0 fully saturated rings. The summed E-state index contributed by atoms with van der Waals surface area (Å²) >= 11 is 1.81. The standard InChI is InChI=1S/C11H12S.C9H12.2C7H16.C6H12.C2H6.2C2H2/c1-8-3-4-9-5-6-10(12-2)7-11(8)9;1-7-4-5-8(2)9(3)6-7;1-4-7(5-2)6-3;1-3-5-7-6-4-2;1-5(2)6(3)4;3*1-2/h3,5-7H,4H2,1-2H3;4-6H,1-3H3;7H,4-6H2,1-3H3;3-7H2,1-2H3;6H,1H2,2-4H3;1-2H3;2*1-2H. The number of hydrogen-bond acceptors (Lipinski definition) is 1. The van der Waals surface area contributed by atoms with Crippen molar-refractivity contribution in [3.05, 3.63) is 82.4 Å². The average Bonchev–Trinajstić information content (AvgIpc) is 3.47. The zero-order chi connectivity index (χ0) is 37.8. The Bertz CT molecular complexity index is 1030. The molecular formula is C46H78S. The minimum atomic E-state index is 0.657. The smallest absolute Gasteiger partial charge is 0.00753 e. The van der Waals surface area contributed by atoms with Crippen LogP contribution in [0.25, 0.3) is 5.57 Å². The van der Waals surface area contributed by atoms with Gasteiger partial charge in [0.05, 0.1) is 0 Å². The van der Waals surface area contributed by atoms with Gasteiger partial charge in [-0.15, -0.1) is 37.5 Å². The summed E-state index contributed by atoms with van der Waals surface area (Å²) in [7, 11) is 0. The molecule has 0 radical (unpaired) electrons. The third-order valence-electron chi connectivity index (χ3n) is 7.96. The minimum absolute atomic E-state index is 0.657. The number of hydrogen-bond donors (Lipinski definition) is 0. The number of allylic oxidation sites excluding steroid dienone is 3. The number of aryl methyl sites for hydroxylation is 3. The summed E-state index contributed by atoms with van der Waals surface area (Å²) in [5.41, 5.74) is 9.72. The van der Waals surface area contributed by atoms with Crippen LogP contribution in [0.3, 0.4) is 0 Å². The van der Waals surface area contributed by atoms with Gasteiger partial charge in [0.2, 0.25) is 0 Å². The number of thioether (sulfide) groups is 1. The number of rotatable bonds is 9. The van der Waals surface area contributed by atoms with Crippen LogP contribution in [0, 0.1) is 58.3 Å². The number of unbranched alkanes of at least 4 members (excludes halogenated alkanes) is 4. The third kappa shape index (κ3) is 31.7. The molecule has 2 aromatic carbocycles. The highest BCUT2D eigenvalue weighted by Gasteiger charge is 2.10. The van der Waals surface area contributed by atoms with Crippen LogP contribution in [0.4, 0.5) is 0 Å². The molecule has 0 aliphatic heterocycles. The van der Waals surface area contributed by atoms with Crippen LogP contribution in [0.5, 0.6) is 0 Å². The molecule has 0 amide bonds. The SMILES string of the molecule is C#C.C#C.C=C(C)C(C)C.CC.CCC(CC)CC.CCCCCCC.CSc1ccc2c(c1)C(C)=CC2.Cc1ccc(C)c(C)c1. The van der Waals surface area contributed by atoms with Gasteiger partial charge >= 0.3 is 0 Å². The first-order chi connectivity index (χ1) is 22.4. The maximum Gasteiger partial charge on any atom is 0.00753 e. The van der Waals surface area contributed by atoms with Gasteiger partial charge in [-0.3, -0.25) is 0 Å². The third-order valence-corrected chi connectivity index (χ3v) is 8.68. The van der Waals surface area contributed by atoms with Crippen molar-refractivity contribution in [1.29, 1.82) is 0 Å². The second-order valence-corrected chi connectivity index (χ2v) is 12.7. The second-order valence-electron chi connectivity index (χ2n) is 11.9. The number of benzene rings is 2. The molecule has 0 saturated heterocycles. The Kier molecular flexibility index (Phi) is 45.3. The lowest BCUT2D eigenvalue weighted by molar-refractivity contribution is 0.477. The van der Waals surface area contributed by atoms with Gasteiger partial charge in [-0.05, 0) is 99.1 Å². The Hall–Kier alpha value is -2.61. The lowest BCUT2D eigenvalue weighted by Gasteiger charge is -2.05. The lowest BCUT2D eigenvalue weighted by atomic mass is 10.0. The summed E-state index contributed by atoms with van der Waals surface area (Å²) in [5.74, 6) is 1.64. The summed E-state index contributed by atoms with van der Waals surface area (Å²) in [5, 5.41) is 0. The topological polar surface area (TPSA) is 0 Å². The van der Waals surface area contributed by atoms with E-state index in [4.69, 9.17) is 0 Å². The fourth-order valence-electron chi connectivity index (χ4n) is 4.03. The lowest BCUT2D eigenvalue weighted by Crippen LogP contribution is -1.91. The van der Waals surface area contributed by atoms with Crippen LogP contribution >= 0.6 is 11.8 Å². The van der Waals surface area contributed by atoms with Crippen molar-refractivity contribution in [2.75, 3.05) is 6.26 Å². The minimum Gasteiger partial charge on any atom is -0.130 e. The van der Waals surface area contributed by atoms with E-state index < -0.39 is 0 Å². The largest absolute Gasteiger partial charge is 0.130 e. The van der Waals surface area contributed by atoms with Crippen LogP contribution in [-0.2, 0) is 6.42 Å². The quantitative estimate of drug-likeness (QED) is 0.111. The Balaban J connectivity index is -0.000000154. The zero-order valence-corrected chi connectivity index (χ0v) is 34.8. The van der Waals surface area contributed by atoms with Crippen LogP contribution in [-0.4, -0.2) is 6.26 Å². The molecule has 0 saturated carbocycles. The van der Waals surface area contributed by atoms with E-state index in [0.29, 0.717) is 5.92 Å². The molecule has 268 valence electrons. The van der Waals surface area contributed by atoms with Gasteiger partial charge in [0.1, 0.15) is 0 Å². The van der Waals surface area contributed by atoms with Crippen molar-refractivity contribution in [2.24, 2.45) is 11.8 Å². The number of fused-ring (bicyclic) bond motifs is 1. The molecule has 0 heterocycles. The summed E-state index contributed by atoms with van der Waals surface area (Å²) in [4.78, 5) is 1.36. The first kappa shape index (κ1) is 53.9. The van der Waals surface area contributed by atoms with Gasteiger partial charge in [0, 0.05) is 4.90 Å². The van der Waals surface area contributed by atoms with Gasteiger partial charge < -0.3 is 0 Å². The molecule has 2 aromatic rings. The van der Waals surface area contributed by atoms with Crippen molar-refractivity contribution < 1.29 is 0 Å². The monoisotopic (exact) mass is 663 g/mol. The van der Waals surface area contributed by atoms with E-state index in [0.717, 1.165) is 12.3 Å². The highest BCUT2D eigenvalue weighted by molar-refractivity contribution is 7.98. The Morgan fingerprint density at radius 2 is 1.21 bits per heavy atom. The Morgan fingerprint density at radius 1 is 0.745 bits per heavy atom. The van der Waals surface area contributed by atoms with E-state index in [1.807, 2.05) is 32.5 Å². The number of terminal acetylenes is 2. The van der Waals surface area contributed by atoms with E-state index in [2.05, 4.69) is 157 Å². The molecule has 47 heavy (non-hydrogen) atoms. The van der Waals surface area contributed by atoms with Gasteiger partial charge in [0.25, 0.3) is 0 Å². The van der Waals surface area contributed by atoms with Crippen LogP contribution in [0.15, 0.2) is 59.5 Å². The van der Waals surface area contributed by atoms with Crippen LogP contribution in [0.2, 0.25) is 0 Å². The highest BCUT2D eigenvalue weighted by atomic mass is 32.2. The van der Waals surface area contributed by atoms with Crippen molar-refractivity contribution in [3.8, 4) is 25.7 Å². The first-order valence-corrected chi connectivity index (χ1v) is 19.3. The van der Waals surface area contributed by atoms with Crippen LogP contribution < -0.4 is 0 Å². The van der Waals surface area contributed by atoms with E-state index in [9.17, 15) is 0 Å². The molecule has 0 bridgehead atoms. The highest BCUT2D eigenvalue weighted by Crippen LogP contribution is 2.30. The Labute approximate surface area is 302 Å². The summed E-state index contributed by atoms with van der Waals surface area (Å²) in [6, 6.07) is 13.2. The predicted octanol–water partition coefficient (Wildman–Crippen LogP) is 15.5. The van der Waals surface area contributed by atoms with Crippen LogP contribution in [0.1, 0.15) is 155 Å². The van der Waals surface area contributed by atoms with E-state index in [1.54, 1.807) is 0 Å². The molecule has 0 unspecified atom stereocenters. The first-order valence-electron chi connectivity index (χ1n) is 18.1. The normalized spacial score (nSPS) is 9.85. The van der Waals surface area contributed by atoms with Gasteiger partial charge in [0.15, 0.2) is 0 Å². The van der Waals surface area contributed by atoms with Crippen molar-refractivity contribution in [3.63, 3.8) is 0 Å². The molecule has 0 nitrogen and oxygen atoms in total. The summed E-state index contributed by atoms with van der Waals surface area (Å²) in [6.45, 7) is 33.9. The van der Waals surface area contributed by atoms with Crippen molar-refractivity contribution >= 4 is 17.3 Å². The molecule has 3 rings (SSSR count). The van der Waals surface area contributed by atoms with Gasteiger partial charge in [-0.25, -0.2) is 0 Å². The molecule has 0 atom stereocenters. The molecule has 1 aliphatic carbocycles. The second kappa shape index (κ2) is 39.6. The molecule has 0 aromatic heterocycles. The van der Waals surface area contributed by atoms with E-state index in [1.165, 1.54) is 95.2 Å².